The first-order valence-electron chi connectivity index (χ1n) is 12.6. The predicted molar refractivity (Wildman–Crippen MR) is 146 cm³/mol. The van der Waals surface area contributed by atoms with Gasteiger partial charge in [0.25, 0.3) is 0 Å². The van der Waals surface area contributed by atoms with Gasteiger partial charge in [-0.15, -0.1) is 5.10 Å². The third-order valence-corrected chi connectivity index (χ3v) is 6.93. The standard InChI is InChI=1S/C27H23ClFN9O3/c28-17-10-11-22(38-14-31-36-37-38)16(24(17)29)9-12-23(39)33-19-7-3-4-8-20(27(40)41)32-18-6-2-1-5-15(18)25-21(13-30)34-26(19)35-25/h1-2,5-6,9-12,14,19-20,32H,3-4,7-8H2,(H,33,39)(H,34,35)(H,40,41)/t19-,20+/m0/s1. The number of aliphatic carboxylic acids is 1. The average molecular weight is 576 g/mol. The molecule has 1 aliphatic heterocycles. The van der Waals surface area contributed by atoms with Crippen LogP contribution in [-0.4, -0.2) is 53.2 Å². The molecule has 4 N–H and O–H groups in total. The Hall–Kier alpha value is -5.09. The Balaban J connectivity index is 1.46. The van der Waals surface area contributed by atoms with E-state index in [1.54, 1.807) is 24.3 Å². The highest BCUT2D eigenvalue weighted by atomic mass is 35.5. The number of carboxylic acids is 1. The number of hydrogen-bond acceptors (Lipinski definition) is 8. The molecule has 2 aromatic carbocycles. The van der Waals surface area contributed by atoms with Gasteiger partial charge in [0.15, 0.2) is 11.5 Å². The number of nitrogens with zero attached hydrogens (tertiary/aromatic N) is 6. The lowest BCUT2D eigenvalue weighted by Gasteiger charge is -2.20. The molecule has 0 spiro atoms. The number of para-hydroxylation sites is 1. The van der Waals surface area contributed by atoms with Crippen molar-refractivity contribution in [2.45, 2.75) is 37.8 Å². The summed E-state index contributed by atoms with van der Waals surface area (Å²) in [7, 11) is 0. The van der Waals surface area contributed by atoms with E-state index in [9.17, 15) is 24.3 Å². The molecule has 0 radical (unpaired) electrons. The molecule has 5 rings (SSSR count). The Labute approximate surface area is 237 Å². The molecule has 208 valence electrons. The van der Waals surface area contributed by atoms with Gasteiger partial charge in [0.05, 0.1) is 22.4 Å². The molecule has 0 fully saturated rings. The number of H-pyrrole nitrogens is 1. The van der Waals surface area contributed by atoms with Crippen LogP contribution in [0, 0.1) is 17.1 Å². The number of aromatic amines is 1. The van der Waals surface area contributed by atoms with E-state index in [1.807, 2.05) is 0 Å². The Morgan fingerprint density at radius 1 is 1.22 bits per heavy atom. The second-order valence-electron chi connectivity index (χ2n) is 9.27. The largest absolute Gasteiger partial charge is 0.480 e. The van der Waals surface area contributed by atoms with Gasteiger partial charge in [-0.3, -0.25) is 4.79 Å². The Morgan fingerprint density at radius 3 is 2.78 bits per heavy atom. The number of imidazole rings is 1. The van der Waals surface area contributed by atoms with Gasteiger partial charge in [-0.1, -0.05) is 42.6 Å². The van der Waals surface area contributed by atoms with E-state index < -0.39 is 29.8 Å². The number of carboxylic acid groups (broad SMARTS) is 1. The summed E-state index contributed by atoms with van der Waals surface area (Å²) in [6.07, 6.45) is 5.59. The van der Waals surface area contributed by atoms with Crippen LogP contribution in [0.15, 0.2) is 48.8 Å². The number of benzene rings is 2. The summed E-state index contributed by atoms with van der Waals surface area (Å²) < 4.78 is 16.2. The van der Waals surface area contributed by atoms with Crippen LogP contribution in [0.25, 0.3) is 23.0 Å². The maximum absolute atomic E-state index is 14.9. The van der Waals surface area contributed by atoms with E-state index in [-0.39, 0.29) is 22.0 Å². The number of halogens is 2. The molecule has 12 nitrogen and oxygen atoms in total. The monoisotopic (exact) mass is 575 g/mol. The number of anilines is 1. The van der Waals surface area contributed by atoms with Crippen molar-refractivity contribution < 1.29 is 19.1 Å². The predicted octanol–water partition coefficient (Wildman–Crippen LogP) is 4.03. The molecule has 2 bridgehead atoms. The normalized spacial score (nSPS) is 17.0. The first-order chi connectivity index (χ1) is 19.9. The number of nitrogens with one attached hydrogen (secondary N) is 3. The Bertz CT molecular complexity index is 1660. The van der Waals surface area contributed by atoms with Crippen molar-refractivity contribution in [2.75, 3.05) is 5.32 Å². The van der Waals surface area contributed by atoms with Crippen LogP contribution in [0.3, 0.4) is 0 Å². The van der Waals surface area contributed by atoms with Crippen molar-refractivity contribution >= 4 is 35.2 Å². The SMILES string of the molecule is N#Cc1nc2[nH]c1-c1ccccc1N[C@@H](C(=O)O)CCCC[C@@H]2NC(=O)C=Cc1c(-n2cnnn2)ccc(Cl)c1F. The highest BCUT2D eigenvalue weighted by Gasteiger charge is 2.25. The third-order valence-electron chi connectivity index (χ3n) is 6.64. The van der Waals surface area contributed by atoms with Gasteiger partial charge in [0.2, 0.25) is 5.91 Å². The van der Waals surface area contributed by atoms with Gasteiger partial charge in [0, 0.05) is 22.9 Å². The van der Waals surface area contributed by atoms with Crippen LogP contribution in [0.4, 0.5) is 10.1 Å². The van der Waals surface area contributed by atoms with E-state index in [0.29, 0.717) is 48.5 Å². The minimum Gasteiger partial charge on any atom is -0.480 e. The lowest BCUT2D eigenvalue weighted by Crippen LogP contribution is -2.30. The summed E-state index contributed by atoms with van der Waals surface area (Å²) in [6.45, 7) is 0. The van der Waals surface area contributed by atoms with Crippen LogP contribution < -0.4 is 10.6 Å². The number of rotatable bonds is 5. The number of fused-ring (bicyclic) bond motifs is 4. The van der Waals surface area contributed by atoms with Gasteiger partial charge in [-0.2, -0.15) is 9.94 Å². The number of amides is 1. The zero-order chi connectivity index (χ0) is 28.9. The van der Waals surface area contributed by atoms with E-state index >= 15 is 0 Å². The molecule has 0 saturated carbocycles. The maximum atomic E-state index is 14.9. The lowest BCUT2D eigenvalue weighted by atomic mass is 10.0. The summed E-state index contributed by atoms with van der Waals surface area (Å²) in [5.74, 6) is -1.92. The molecule has 1 amide bonds. The van der Waals surface area contributed by atoms with Crippen molar-refractivity contribution in [3.8, 4) is 23.0 Å². The van der Waals surface area contributed by atoms with Crippen molar-refractivity contribution in [2.24, 2.45) is 0 Å². The fourth-order valence-electron chi connectivity index (χ4n) is 4.64. The van der Waals surface area contributed by atoms with Gasteiger partial charge in [-0.05, 0) is 47.5 Å². The first-order valence-corrected chi connectivity index (χ1v) is 13.0. The van der Waals surface area contributed by atoms with Crippen molar-refractivity contribution in [1.29, 1.82) is 5.26 Å². The van der Waals surface area contributed by atoms with Crippen LogP contribution in [0.1, 0.15) is 48.8 Å². The zero-order valence-corrected chi connectivity index (χ0v) is 22.1. The first kappa shape index (κ1) is 27.5. The molecule has 2 atom stereocenters. The van der Waals surface area contributed by atoms with Crippen molar-refractivity contribution in [3.63, 3.8) is 0 Å². The van der Waals surface area contributed by atoms with Crippen LogP contribution >= 0.6 is 11.6 Å². The molecular formula is C27H23ClFN9O3. The summed E-state index contributed by atoms with van der Waals surface area (Å²) in [5.41, 5.74) is 1.90. The fraction of sp³-hybridized carbons (Fsp3) is 0.222. The highest BCUT2D eigenvalue weighted by Crippen LogP contribution is 2.33. The minimum absolute atomic E-state index is 0.00881. The number of carbonyl (C=O) groups is 2. The minimum atomic E-state index is -0.994. The highest BCUT2D eigenvalue weighted by molar-refractivity contribution is 6.31. The Morgan fingerprint density at radius 2 is 2.02 bits per heavy atom. The Kier molecular flexibility index (Phi) is 8.02. The van der Waals surface area contributed by atoms with Gasteiger partial charge in [-0.25, -0.2) is 14.2 Å². The summed E-state index contributed by atoms with van der Waals surface area (Å²) in [5, 5.41) is 36.3. The van der Waals surface area contributed by atoms with Crippen LogP contribution in [0.2, 0.25) is 5.02 Å². The van der Waals surface area contributed by atoms with E-state index in [4.69, 9.17) is 11.6 Å². The van der Waals surface area contributed by atoms with Gasteiger partial charge < -0.3 is 20.7 Å². The van der Waals surface area contributed by atoms with Gasteiger partial charge >= 0.3 is 5.97 Å². The smallest absolute Gasteiger partial charge is 0.326 e. The van der Waals surface area contributed by atoms with Crippen molar-refractivity contribution in [1.82, 2.24) is 35.5 Å². The quantitative estimate of drug-likeness (QED) is 0.256. The number of carbonyl (C=O) groups excluding carboxylic acids is 1. The molecule has 3 heterocycles. The molecule has 14 heteroatoms. The van der Waals surface area contributed by atoms with Gasteiger partial charge in [0.1, 0.15) is 24.3 Å². The number of tetrazole rings is 1. The molecule has 0 saturated heterocycles. The summed E-state index contributed by atoms with van der Waals surface area (Å²) in [6, 6.07) is 10.5. The molecule has 0 aliphatic carbocycles. The molecule has 2 aromatic heterocycles. The van der Waals surface area contributed by atoms with E-state index in [0.717, 1.165) is 6.08 Å². The number of aromatic nitrogens is 6. The second-order valence-corrected chi connectivity index (χ2v) is 9.67. The summed E-state index contributed by atoms with van der Waals surface area (Å²) >= 11 is 5.97. The van der Waals surface area contributed by atoms with E-state index in [2.05, 4.69) is 42.2 Å². The van der Waals surface area contributed by atoms with Crippen molar-refractivity contribution in [3.05, 3.63) is 76.7 Å². The zero-order valence-electron chi connectivity index (χ0n) is 21.4. The van der Waals surface area contributed by atoms with E-state index in [1.165, 1.54) is 29.2 Å². The van der Waals surface area contributed by atoms with Crippen LogP contribution in [-0.2, 0) is 9.59 Å². The average Bonchev–Trinajstić information content (AvgIpc) is 3.65. The second kappa shape index (κ2) is 12.0. The summed E-state index contributed by atoms with van der Waals surface area (Å²) in [4.78, 5) is 32.6. The molecular weight excluding hydrogens is 553 g/mol. The number of hydrogen-bond donors (Lipinski definition) is 4. The lowest BCUT2D eigenvalue weighted by molar-refractivity contribution is -0.138. The molecule has 1 aliphatic rings. The maximum Gasteiger partial charge on any atom is 0.326 e. The number of nitriles is 1. The third kappa shape index (κ3) is 5.92. The van der Waals surface area contributed by atoms with Crippen LogP contribution in [0.5, 0.6) is 0 Å². The fourth-order valence-corrected chi connectivity index (χ4v) is 4.81. The topological polar surface area (TPSA) is 174 Å². The molecule has 41 heavy (non-hydrogen) atoms. The molecule has 0 unspecified atom stereocenters. The molecule has 4 aromatic rings.